The zero-order chi connectivity index (χ0) is 19.2. The van der Waals surface area contributed by atoms with Gasteiger partial charge in [0, 0.05) is 5.69 Å². The van der Waals surface area contributed by atoms with Gasteiger partial charge < -0.3 is 4.90 Å². The van der Waals surface area contributed by atoms with Gasteiger partial charge in [0.1, 0.15) is 11.4 Å². The van der Waals surface area contributed by atoms with Crippen molar-refractivity contribution in [2.24, 2.45) is 0 Å². The predicted octanol–water partition coefficient (Wildman–Crippen LogP) is 4.92. The van der Waals surface area contributed by atoms with E-state index in [0.717, 1.165) is 12.1 Å². The molecule has 1 heterocycles. The smallest absolute Gasteiger partial charge is 0.259 e. The second-order valence-corrected chi connectivity index (χ2v) is 7.58. The van der Waals surface area contributed by atoms with Crippen LogP contribution in [0.15, 0.2) is 36.4 Å². The van der Waals surface area contributed by atoms with Gasteiger partial charge in [0.25, 0.3) is 5.91 Å². The second kappa shape index (κ2) is 6.47. The van der Waals surface area contributed by atoms with Crippen molar-refractivity contribution in [3.8, 4) is 0 Å². The van der Waals surface area contributed by atoms with E-state index in [2.05, 4.69) is 13.8 Å². The number of anilines is 2. The van der Waals surface area contributed by atoms with Gasteiger partial charge >= 0.3 is 0 Å². The highest BCUT2D eigenvalue weighted by Crippen LogP contribution is 2.37. The summed E-state index contributed by atoms with van der Waals surface area (Å²) in [5.41, 5.74) is 3.37. The molecular weight excluding hydrogens is 347 g/mol. The highest BCUT2D eigenvalue weighted by molar-refractivity contribution is 7.81. The van der Waals surface area contributed by atoms with Crippen molar-refractivity contribution in [3.63, 3.8) is 0 Å². The summed E-state index contributed by atoms with van der Waals surface area (Å²) in [7, 11) is 0. The lowest BCUT2D eigenvalue weighted by molar-refractivity contribution is -0.120. The van der Waals surface area contributed by atoms with Crippen LogP contribution in [-0.4, -0.2) is 16.6 Å². The molecule has 1 amide bonds. The minimum atomic E-state index is -0.893. The standard InChI is InChI=1S/C21H23FN2OS/c1-6-15-11-16(9-7-13(15)2)23-19(25)21(4,5)24(20(23)26)17-10-8-14(3)18(22)12-17/h7-12H,6H2,1-5H3. The van der Waals surface area contributed by atoms with Crippen LogP contribution in [0.5, 0.6) is 0 Å². The Labute approximate surface area is 159 Å². The lowest BCUT2D eigenvalue weighted by Crippen LogP contribution is -2.44. The van der Waals surface area contributed by atoms with Crippen LogP contribution in [0.25, 0.3) is 0 Å². The Balaban J connectivity index is 2.09. The second-order valence-electron chi connectivity index (χ2n) is 7.22. The van der Waals surface area contributed by atoms with Crippen LogP contribution in [0.4, 0.5) is 15.8 Å². The molecule has 1 fully saturated rings. The first-order chi connectivity index (χ1) is 12.2. The average molecular weight is 370 g/mol. The number of rotatable bonds is 3. The minimum absolute atomic E-state index is 0.116. The van der Waals surface area contributed by atoms with Crippen molar-refractivity contribution in [3.05, 3.63) is 58.9 Å². The molecule has 2 aromatic rings. The SMILES string of the molecule is CCc1cc(N2C(=O)C(C)(C)N(c3ccc(C)c(F)c3)C2=S)ccc1C. The summed E-state index contributed by atoms with van der Waals surface area (Å²) in [5, 5.41) is 0.370. The molecule has 0 aliphatic carbocycles. The summed E-state index contributed by atoms with van der Waals surface area (Å²) < 4.78 is 14.1. The molecule has 0 N–H and O–H groups in total. The molecule has 3 rings (SSSR count). The highest BCUT2D eigenvalue weighted by Gasteiger charge is 2.50. The maximum absolute atomic E-state index is 14.1. The molecule has 1 aliphatic heterocycles. The van der Waals surface area contributed by atoms with Gasteiger partial charge in [-0.1, -0.05) is 19.1 Å². The number of aryl methyl sites for hydroxylation is 3. The first kappa shape index (κ1) is 18.5. The third kappa shape index (κ3) is 2.80. The van der Waals surface area contributed by atoms with Gasteiger partial charge in [-0.15, -0.1) is 0 Å². The summed E-state index contributed by atoms with van der Waals surface area (Å²) in [5.74, 6) is -0.426. The zero-order valence-corrected chi connectivity index (χ0v) is 16.6. The van der Waals surface area contributed by atoms with Gasteiger partial charge in [0.15, 0.2) is 5.11 Å². The number of amides is 1. The number of hydrogen-bond acceptors (Lipinski definition) is 2. The van der Waals surface area contributed by atoms with Gasteiger partial charge in [-0.2, -0.15) is 0 Å². The maximum atomic E-state index is 14.1. The lowest BCUT2D eigenvalue weighted by Gasteiger charge is -2.29. The van der Waals surface area contributed by atoms with Crippen LogP contribution >= 0.6 is 12.2 Å². The van der Waals surface area contributed by atoms with E-state index in [1.165, 1.54) is 17.2 Å². The van der Waals surface area contributed by atoms with Crippen LogP contribution in [0.2, 0.25) is 0 Å². The first-order valence-corrected chi connectivity index (χ1v) is 9.13. The Hall–Kier alpha value is -2.27. The Morgan fingerprint density at radius 2 is 1.65 bits per heavy atom. The van der Waals surface area contributed by atoms with Crippen LogP contribution in [-0.2, 0) is 11.2 Å². The number of carbonyl (C=O) groups excluding carboxylic acids is 1. The summed E-state index contributed by atoms with van der Waals surface area (Å²) in [6.45, 7) is 9.48. The average Bonchev–Trinajstić information content (AvgIpc) is 2.76. The van der Waals surface area contributed by atoms with E-state index < -0.39 is 5.54 Å². The van der Waals surface area contributed by atoms with Gasteiger partial charge in [0.2, 0.25) is 0 Å². The number of halogens is 1. The quantitative estimate of drug-likeness (QED) is 0.717. The van der Waals surface area contributed by atoms with Crippen LogP contribution in [0.1, 0.15) is 37.5 Å². The molecule has 0 saturated carbocycles. The van der Waals surface area contributed by atoms with Crippen molar-refractivity contribution < 1.29 is 9.18 Å². The van der Waals surface area contributed by atoms with Gasteiger partial charge in [0.05, 0.1) is 5.69 Å². The van der Waals surface area contributed by atoms with Crippen LogP contribution in [0.3, 0.4) is 0 Å². The lowest BCUT2D eigenvalue weighted by atomic mass is 10.0. The van der Waals surface area contributed by atoms with E-state index in [-0.39, 0.29) is 11.7 Å². The van der Waals surface area contributed by atoms with Crippen molar-refractivity contribution in [2.45, 2.75) is 46.6 Å². The zero-order valence-electron chi connectivity index (χ0n) is 15.8. The van der Waals surface area contributed by atoms with E-state index in [4.69, 9.17) is 12.2 Å². The maximum Gasteiger partial charge on any atom is 0.259 e. The molecule has 26 heavy (non-hydrogen) atoms. The van der Waals surface area contributed by atoms with Crippen molar-refractivity contribution >= 4 is 34.6 Å². The minimum Gasteiger partial charge on any atom is -0.303 e. The Morgan fingerprint density at radius 1 is 1.04 bits per heavy atom. The van der Waals surface area contributed by atoms with Gasteiger partial charge in [-0.05, 0) is 87.3 Å². The number of thiocarbonyl (C=S) groups is 1. The number of nitrogens with zero attached hydrogens (tertiary/aromatic N) is 2. The van der Waals surface area contributed by atoms with E-state index in [1.54, 1.807) is 28.9 Å². The largest absolute Gasteiger partial charge is 0.303 e. The number of hydrogen-bond donors (Lipinski definition) is 0. The molecule has 0 bridgehead atoms. The molecule has 0 spiro atoms. The monoisotopic (exact) mass is 370 g/mol. The van der Waals surface area contributed by atoms with Gasteiger partial charge in [-0.25, -0.2) is 4.39 Å². The first-order valence-electron chi connectivity index (χ1n) is 8.73. The number of carbonyl (C=O) groups is 1. The Bertz CT molecular complexity index is 907. The van der Waals surface area contributed by atoms with Crippen molar-refractivity contribution in [1.82, 2.24) is 0 Å². The Kier molecular flexibility index (Phi) is 4.61. The molecular formula is C21H23FN2OS. The molecule has 0 unspecified atom stereocenters. The van der Waals surface area contributed by atoms with E-state index >= 15 is 0 Å². The summed E-state index contributed by atoms with van der Waals surface area (Å²) >= 11 is 5.65. The number of benzene rings is 2. The Morgan fingerprint density at radius 3 is 2.27 bits per heavy atom. The predicted molar refractivity (Wildman–Crippen MR) is 108 cm³/mol. The molecule has 0 aromatic heterocycles. The summed E-state index contributed by atoms with van der Waals surface area (Å²) in [6.07, 6.45) is 0.880. The highest BCUT2D eigenvalue weighted by atomic mass is 32.1. The van der Waals surface area contributed by atoms with Crippen molar-refractivity contribution in [1.29, 1.82) is 0 Å². The third-order valence-corrected chi connectivity index (χ3v) is 5.42. The normalized spacial score (nSPS) is 16.5. The molecule has 1 aliphatic rings. The fourth-order valence-corrected chi connectivity index (χ4v) is 3.88. The molecule has 3 nitrogen and oxygen atoms in total. The molecule has 0 radical (unpaired) electrons. The van der Waals surface area contributed by atoms with E-state index in [9.17, 15) is 9.18 Å². The molecule has 2 aromatic carbocycles. The van der Waals surface area contributed by atoms with Gasteiger partial charge in [-0.3, -0.25) is 9.69 Å². The van der Waals surface area contributed by atoms with E-state index in [1.807, 2.05) is 32.0 Å². The third-order valence-electron chi connectivity index (χ3n) is 5.05. The van der Waals surface area contributed by atoms with Crippen molar-refractivity contribution in [2.75, 3.05) is 9.80 Å². The molecule has 1 saturated heterocycles. The van der Waals surface area contributed by atoms with E-state index in [0.29, 0.717) is 16.4 Å². The summed E-state index contributed by atoms with van der Waals surface area (Å²) in [4.78, 5) is 16.5. The summed E-state index contributed by atoms with van der Waals surface area (Å²) in [6, 6.07) is 10.9. The molecule has 5 heteroatoms. The van der Waals surface area contributed by atoms with Crippen LogP contribution in [0, 0.1) is 19.7 Å². The van der Waals surface area contributed by atoms with Crippen LogP contribution < -0.4 is 9.80 Å². The fourth-order valence-electron chi connectivity index (χ4n) is 3.35. The molecule has 0 atom stereocenters. The fraction of sp³-hybridized carbons (Fsp3) is 0.333. The topological polar surface area (TPSA) is 23.6 Å². The molecule has 136 valence electrons.